The fourth-order valence-corrected chi connectivity index (χ4v) is 2.02. The third-order valence-electron chi connectivity index (χ3n) is 3.50. The summed E-state index contributed by atoms with van der Waals surface area (Å²) in [5.74, 6) is 4.48. The quantitative estimate of drug-likeness (QED) is 0.791. The SMILES string of the molecule is CNc1cc(NCCC2CC2)nc(C2CC2)n1. The number of rotatable bonds is 6. The third kappa shape index (κ3) is 2.87. The predicted octanol–water partition coefficient (Wildman–Crippen LogP) is 2.61. The van der Waals surface area contributed by atoms with Crippen LogP contribution in [0.4, 0.5) is 11.6 Å². The zero-order chi connectivity index (χ0) is 11.7. The molecule has 2 fully saturated rings. The number of hydrogen-bond acceptors (Lipinski definition) is 4. The van der Waals surface area contributed by atoms with Gasteiger partial charge in [-0.1, -0.05) is 12.8 Å². The summed E-state index contributed by atoms with van der Waals surface area (Å²) >= 11 is 0. The second-order valence-corrected chi connectivity index (χ2v) is 5.18. The molecule has 3 rings (SSSR count). The first-order chi connectivity index (χ1) is 8.35. The van der Waals surface area contributed by atoms with Crippen molar-refractivity contribution in [3.05, 3.63) is 11.9 Å². The Morgan fingerprint density at radius 2 is 1.94 bits per heavy atom. The van der Waals surface area contributed by atoms with E-state index in [2.05, 4.69) is 20.6 Å². The first-order valence-corrected chi connectivity index (χ1v) is 6.66. The van der Waals surface area contributed by atoms with E-state index < -0.39 is 0 Å². The van der Waals surface area contributed by atoms with Crippen molar-refractivity contribution in [3.8, 4) is 0 Å². The van der Waals surface area contributed by atoms with Crippen molar-refractivity contribution in [3.63, 3.8) is 0 Å². The predicted molar refractivity (Wildman–Crippen MR) is 69.4 cm³/mol. The summed E-state index contributed by atoms with van der Waals surface area (Å²) in [5, 5.41) is 6.53. The zero-order valence-electron chi connectivity index (χ0n) is 10.4. The van der Waals surface area contributed by atoms with E-state index in [4.69, 9.17) is 0 Å². The minimum atomic E-state index is 0.604. The van der Waals surface area contributed by atoms with Gasteiger partial charge in [-0.05, 0) is 25.2 Å². The van der Waals surface area contributed by atoms with E-state index >= 15 is 0 Å². The lowest BCUT2D eigenvalue weighted by Gasteiger charge is -2.09. The van der Waals surface area contributed by atoms with Gasteiger partial charge in [-0.15, -0.1) is 0 Å². The number of nitrogens with one attached hydrogen (secondary N) is 2. The normalized spacial score (nSPS) is 19.1. The molecule has 0 spiro atoms. The van der Waals surface area contributed by atoms with Gasteiger partial charge in [-0.3, -0.25) is 0 Å². The van der Waals surface area contributed by atoms with Crippen LogP contribution in [0.15, 0.2) is 6.07 Å². The van der Waals surface area contributed by atoms with Crippen molar-refractivity contribution in [2.45, 2.75) is 38.0 Å². The average molecular weight is 232 g/mol. The fraction of sp³-hybridized carbons (Fsp3) is 0.692. The van der Waals surface area contributed by atoms with Crippen LogP contribution in [0.2, 0.25) is 0 Å². The molecule has 17 heavy (non-hydrogen) atoms. The maximum atomic E-state index is 4.60. The van der Waals surface area contributed by atoms with Crippen molar-refractivity contribution in [2.75, 3.05) is 24.2 Å². The maximum absolute atomic E-state index is 4.60. The Balaban J connectivity index is 1.65. The molecule has 0 unspecified atom stereocenters. The van der Waals surface area contributed by atoms with Crippen LogP contribution in [0.1, 0.15) is 43.8 Å². The second kappa shape index (κ2) is 4.51. The van der Waals surface area contributed by atoms with Crippen LogP contribution in [0.5, 0.6) is 0 Å². The largest absolute Gasteiger partial charge is 0.373 e. The molecule has 0 saturated heterocycles. The van der Waals surface area contributed by atoms with Gasteiger partial charge in [-0.25, -0.2) is 9.97 Å². The molecule has 1 aromatic rings. The van der Waals surface area contributed by atoms with Crippen molar-refractivity contribution in [1.82, 2.24) is 9.97 Å². The summed E-state index contributed by atoms with van der Waals surface area (Å²) in [6, 6.07) is 2.00. The van der Waals surface area contributed by atoms with Crippen LogP contribution in [-0.4, -0.2) is 23.6 Å². The number of hydrogen-bond donors (Lipinski definition) is 2. The summed E-state index contributed by atoms with van der Waals surface area (Å²) in [6.07, 6.45) is 6.60. The standard InChI is InChI=1S/C13H20N4/c1-14-11-8-12(15-7-6-9-2-3-9)17-13(16-11)10-4-5-10/h8-10H,2-7H2,1H3,(H2,14,15,16,17). The van der Waals surface area contributed by atoms with Gasteiger partial charge in [0.1, 0.15) is 17.5 Å². The van der Waals surface area contributed by atoms with E-state index in [1.807, 2.05) is 13.1 Å². The van der Waals surface area contributed by atoms with Crippen molar-refractivity contribution in [1.29, 1.82) is 0 Å². The molecule has 0 radical (unpaired) electrons. The molecule has 4 heteroatoms. The van der Waals surface area contributed by atoms with Crippen LogP contribution in [0.3, 0.4) is 0 Å². The average Bonchev–Trinajstić information content (AvgIpc) is 3.20. The van der Waals surface area contributed by atoms with Gasteiger partial charge in [0, 0.05) is 25.6 Å². The summed E-state index contributed by atoms with van der Waals surface area (Å²) < 4.78 is 0. The van der Waals surface area contributed by atoms with Gasteiger partial charge in [0.15, 0.2) is 0 Å². The van der Waals surface area contributed by atoms with Crippen LogP contribution >= 0.6 is 0 Å². The van der Waals surface area contributed by atoms with Gasteiger partial charge in [0.2, 0.25) is 0 Å². The van der Waals surface area contributed by atoms with Crippen LogP contribution in [0, 0.1) is 5.92 Å². The Morgan fingerprint density at radius 1 is 1.18 bits per heavy atom. The highest BCUT2D eigenvalue weighted by atomic mass is 15.1. The summed E-state index contributed by atoms with van der Waals surface area (Å²) in [5.41, 5.74) is 0. The van der Waals surface area contributed by atoms with E-state index in [0.717, 1.165) is 29.9 Å². The van der Waals surface area contributed by atoms with Crippen LogP contribution in [-0.2, 0) is 0 Å². The third-order valence-corrected chi connectivity index (χ3v) is 3.50. The number of anilines is 2. The Kier molecular flexibility index (Phi) is 2.87. The maximum Gasteiger partial charge on any atom is 0.136 e. The van der Waals surface area contributed by atoms with Gasteiger partial charge < -0.3 is 10.6 Å². The topological polar surface area (TPSA) is 49.8 Å². The molecule has 2 aliphatic rings. The van der Waals surface area contributed by atoms with E-state index in [9.17, 15) is 0 Å². The van der Waals surface area contributed by atoms with Crippen LogP contribution < -0.4 is 10.6 Å². The molecule has 0 aliphatic heterocycles. The summed E-state index contributed by atoms with van der Waals surface area (Å²) in [4.78, 5) is 9.11. The number of aromatic nitrogens is 2. The summed E-state index contributed by atoms with van der Waals surface area (Å²) in [7, 11) is 1.91. The van der Waals surface area contributed by atoms with E-state index in [1.165, 1.54) is 32.1 Å². The zero-order valence-corrected chi connectivity index (χ0v) is 10.4. The highest BCUT2D eigenvalue weighted by molar-refractivity contribution is 5.47. The molecule has 2 saturated carbocycles. The molecule has 0 aromatic carbocycles. The van der Waals surface area contributed by atoms with Gasteiger partial charge in [-0.2, -0.15) is 0 Å². The lowest BCUT2D eigenvalue weighted by molar-refractivity contribution is 0.756. The molecule has 92 valence electrons. The van der Waals surface area contributed by atoms with Gasteiger partial charge >= 0.3 is 0 Å². The molecule has 2 aliphatic carbocycles. The van der Waals surface area contributed by atoms with E-state index in [1.54, 1.807) is 0 Å². The first-order valence-electron chi connectivity index (χ1n) is 6.66. The molecule has 0 amide bonds. The first kappa shape index (κ1) is 10.8. The van der Waals surface area contributed by atoms with Gasteiger partial charge in [0.25, 0.3) is 0 Å². The fourth-order valence-electron chi connectivity index (χ4n) is 2.02. The molecule has 0 atom stereocenters. The second-order valence-electron chi connectivity index (χ2n) is 5.18. The Labute approximate surface area is 102 Å². The Hall–Kier alpha value is -1.32. The molecule has 0 bridgehead atoms. The lowest BCUT2D eigenvalue weighted by Crippen LogP contribution is -2.07. The van der Waals surface area contributed by atoms with Crippen LogP contribution in [0.25, 0.3) is 0 Å². The highest BCUT2D eigenvalue weighted by Gasteiger charge is 2.27. The molecule has 2 N–H and O–H groups in total. The van der Waals surface area contributed by atoms with Gasteiger partial charge in [0.05, 0.1) is 0 Å². The smallest absolute Gasteiger partial charge is 0.136 e. The monoisotopic (exact) mass is 232 g/mol. The van der Waals surface area contributed by atoms with Crippen molar-refractivity contribution < 1.29 is 0 Å². The summed E-state index contributed by atoms with van der Waals surface area (Å²) in [6.45, 7) is 1.04. The highest BCUT2D eigenvalue weighted by Crippen LogP contribution is 2.38. The molecule has 1 aromatic heterocycles. The molecular formula is C13H20N4. The van der Waals surface area contributed by atoms with E-state index in [-0.39, 0.29) is 0 Å². The Bertz CT molecular complexity index is 396. The molecule has 4 nitrogen and oxygen atoms in total. The van der Waals surface area contributed by atoms with Crippen molar-refractivity contribution in [2.24, 2.45) is 5.92 Å². The lowest BCUT2D eigenvalue weighted by atomic mass is 10.3. The minimum Gasteiger partial charge on any atom is -0.373 e. The van der Waals surface area contributed by atoms with Crippen molar-refractivity contribution >= 4 is 11.6 Å². The number of nitrogens with zero attached hydrogens (tertiary/aromatic N) is 2. The molecule has 1 heterocycles. The van der Waals surface area contributed by atoms with E-state index in [0.29, 0.717) is 5.92 Å². The molecular weight excluding hydrogens is 212 g/mol. The Morgan fingerprint density at radius 3 is 2.59 bits per heavy atom. The minimum absolute atomic E-state index is 0.604.